The average Bonchev–Trinajstić information content (AvgIpc) is 3.18. The molecule has 8 nitrogen and oxygen atoms in total. The van der Waals surface area contributed by atoms with Crippen LogP contribution in [-0.4, -0.2) is 46.3 Å². The van der Waals surface area contributed by atoms with Crippen LogP contribution in [0.5, 0.6) is 0 Å². The van der Waals surface area contributed by atoms with Crippen molar-refractivity contribution in [2.75, 3.05) is 24.6 Å². The molecule has 0 spiro atoms. The Morgan fingerprint density at radius 1 is 1.28 bits per heavy atom. The quantitative estimate of drug-likeness (QED) is 0.571. The lowest BCUT2D eigenvalue weighted by molar-refractivity contribution is -0.139. The van der Waals surface area contributed by atoms with Gasteiger partial charge < -0.3 is 15.0 Å². The summed E-state index contributed by atoms with van der Waals surface area (Å²) >= 11 is 0. The van der Waals surface area contributed by atoms with Gasteiger partial charge in [-0.15, -0.1) is 6.58 Å². The maximum atomic E-state index is 12.9. The highest BCUT2D eigenvalue weighted by molar-refractivity contribution is 5.93. The lowest BCUT2D eigenvalue weighted by Gasteiger charge is -2.35. The number of carbonyl (C=O) groups excluding carboxylic acids is 2. The molecule has 1 aliphatic heterocycles. The van der Waals surface area contributed by atoms with Gasteiger partial charge in [0, 0.05) is 12.2 Å². The normalized spacial score (nSPS) is 15.7. The standard InChI is InChI=1S/C21H25N5O3/c1-5-11-22-17(27)12-25-15(4)18(20(28)29-6-2)19(26-21(25)23-13-24-26)16-9-7-14(3)8-10-16/h5,7-10,13,19H,1,6,11-12H2,2-4H3,(H,22,27). The first-order chi connectivity index (χ1) is 14.0. The molecule has 1 amide bonds. The molecule has 1 atom stereocenters. The molecule has 3 rings (SSSR count). The van der Waals surface area contributed by atoms with Crippen molar-refractivity contribution in [2.24, 2.45) is 0 Å². The molecular formula is C21H25N5O3. The Bertz CT molecular complexity index is 945. The third-order valence-electron chi connectivity index (χ3n) is 4.74. The number of amides is 1. The molecule has 0 bridgehead atoms. The summed E-state index contributed by atoms with van der Waals surface area (Å²) < 4.78 is 7.00. The topological polar surface area (TPSA) is 89.4 Å². The third-order valence-corrected chi connectivity index (χ3v) is 4.74. The van der Waals surface area contributed by atoms with Crippen LogP contribution < -0.4 is 10.2 Å². The molecule has 29 heavy (non-hydrogen) atoms. The van der Waals surface area contributed by atoms with Crippen LogP contribution >= 0.6 is 0 Å². The number of ether oxygens (including phenoxy) is 1. The summed E-state index contributed by atoms with van der Waals surface area (Å²) in [5, 5.41) is 7.10. The second-order valence-corrected chi connectivity index (χ2v) is 6.72. The van der Waals surface area contributed by atoms with E-state index in [4.69, 9.17) is 4.74 Å². The molecule has 1 aromatic carbocycles. The molecule has 1 N–H and O–H groups in total. The lowest BCUT2D eigenvalue weighted by Crippen LogP contribution is -2.42. The molecule has 1 aromatic heterocycles. The zero-order valence-electron chi connectivity index (χ0n) is 16.9. The predicted molar refractivity (Wildman–Crippen MR) is 109 cm³/mol. The number of hydrogen-bond donors (Lipinski definition) is 1. The highest BCUT2D eigenvalue weighted by Crippen LogP contribution is 2.38. The van der Waals surface area contributed by atoms with Crippen molar-refractivity contribution in [3.8, 4) is 0 Å². The average molecular weight is 395 g/mol. The Balaban J connectivity index is 2.09. The number of anilines is 1. The van der Waals surface area contributed by atoms with Gasteiger partial charge in [0.1, 0.15) is 18.9 Å². The largest absolute Gasteiger partial charge is 0.463 e. The predicted octanol–water partition coefficient (Wildman–Crippen LogP) is 2.14. The smallest absolute Gasteiger partial charge is 0.338 e. The second-order valence-electron chi connectivity index (χ2n) is 6.72. The summed E-state index contributed by atoms with van der Waals surface area (Å²) in [6.07, 6.45) is 3.03. The highest BCUT2D eigenvalue weighted by atomic mass is 16.5. The number of carbonyl (C=O) groups is 2. The summed E-state index contributed by atoms with van der Waals surface area (Å²) in [6, 6.07) is 7.41. The van der Waals surface area contributed by atoms with Gasteiger partial charge in [-0.1, -0.05) is 35.9 Å². The Kier molecular flexibility index (Phi) is 6.11. The SMILES string of the molecule is C=CCNC(=O)CN1C(C)=C(C(=O)OCC)C(c2ccc(C)cc2)n2ncnc21. The van der Waals surface area contributed by atoms with Gasteiger partial charge in [-0.05, 0) is 26.3 Å². The summed E-state index contributed by atoms with van der Waals surface area (Å²) in [7, 11) is 0. The van der Waals surface area contributed by atoms with Crippen LogP contribution in [0, 0.1) is 6.92 Å². The minimum Gasteiger partial charge on any atom is -0.463 e. The minimum absolute atomic E-state index is 0.00187. The van der Waals surface area contributed by atoms with Crippen molar-refractivity contribution in [3.05, 3.63) is 65.6 Å². The zero-order valence-corrected chi connectivity index (χ0v) is 16.9. The fraction of sp³-hybridized carbons (Fsp3) is 0.333. The van der Waals surface area contributed by atoms with Gasteiger partial charge >= 0.3 is 5.97 Å². The van der Waals surface area contributed by atoms with Crippen molar-refractivity contribution in [2.45, 2.75) is 26.8 Å². The van der Waals surface area contributed by atoms with E-state index in [2.05, 4.69) is 22.0 Å². The number of fused-ring (bicyclic) bond motifs is 1. The second kappa shape index (κ2) is 8.72. The van der Waals surface area contributed by atoms with Gasteiger partial charge in [0.05, 0.1) is 12.2 Å². The van der Waals surface area contributed by atoms with E-state index in [0.717, 1.165) is 11.1 Å². The zero-order chi connectivity index (χ0) is 21.0. The Morgan fingerprint density at radius 3 is 2.66 bits per heavy atom. The molecule has 0 saturated carbocycles. The number of aromatic nitrogens is 3. The molecule has 0 aliphatic carbocycles. The number of benzene rings is 1. The Hall–Kier alpha value is -3.42. The number of nitrogens with one attached hydrogen (secondary N) is 1. The molecule has 0 fully saturated rings. The van der Waals surface area contributed by atoms with Crippen molar-refractivity contribution < 1.29 is 14.3 Å². The van der Waals surface area contributed by atoms with Gasteiger partial charge in [-0.3, -0.25) is 4.79 Å². The van der Waals surface area contributed by atoms with Crippen molar-refractivity contribution >= 4 is 17.8 Å². The first kappa shape index (κ1) is 20.3. The van der Waals surface area contributed by atoms with Crippen molar-refractivity contribution in [1.82, 2.24) is 20.1 Å². The molecule has 152 valence electrons. The molecule has 2 aromatic rings. The summed E-state index contributed by atoms with van der Waals surface area (Å²) in [4.78, 5) is 31.3. The lowest BCUT2D eigenvalue weighted by atomic mass is 9.94. The van der Waals surface area contributed by atoms with E-state index in [0.29, 0.717) is 23.8 Å². The maximum Gasteiger partial charge on any atom is 0.338 e. The van der Waals surface area contributed by atoms with Crippen molar-refractivity contribution in [1.29, 1.82) is 0 Å². The van der Waals surface area contributed by atoms with Crippen molar-refractivity contribution in [3.63, 3.8) is 0 Å². The fourth-order valence-corrected chi connectivity index (χ4v) is 3.33. The Labute approximate surface area is 169 Å². The molecule has 0 saturated heterocycles. The number of rotatable bonds is 7. The maximum absolute atomic E-state index is 12.9. The van der Waals surface area contributed by atoms with Gasteiger partial charge in [0.2, 0.25) is 11.9 Å². The highest BCUT2D eigenvalue weighted by Gasteiger charge is 2.38. The van der Waals surface area contributed by atoms with Crippen LogP contribution in [0.15, 0.2) is 54.5 Å². The van der Waals surface area contributed by atoms with Crippen LogP contribution in [0.3, 0.4) is 0 Å². The van der Waals surface area contributed by atoms with E-state index in [9.17, 15) is 9.59 Å². The third kappa shape index (κ3) is 4.06. The Morgan fingerprint density at radius 2 is 2.00 bits per heavy atom. The molecule has 1 aliphatic rings. The molecule has 1 unspecified atom stereocenters. The van der Waals surface area contributed by atoms with Crippen LogP contribution in [-0.2, 0) is 14.3 Å². The first-order valence-electron chi connectivity index (χ1n) is 9.47. The van der Waals surface area contributed by atoms with E-state index in [1.807, 2.05) is 31.2 Å². The summed E-state index contributed by atoms with van der Waals surface area (Å²) in [5.74, 6) is -0.154. The van der Waals surface area contributed by atoms with Gasteiger partial charge in [-0.2, -0.15) is 10.1 Å². The first-order valence-corrected chi connectivity index (χ1v) is 9.47. The number of allylic oxidation sites excluding steroid dienone is 1. The van der Waals surface area contributed by atoms with E-state index < -0.39 is 12.0 Å². The van der Waals surface area contributed by atoms with Crippen LogP contribution in [0.4, 0.5) is 5.95 Å². The van der Waals surface area contributed by atoms with E-state index in [-0.39, 0.29) is 19.1 Å². The van der Waals surface area contributed by atoms with Gasteiger partial charge in [0.25, 0.3) is 0 Å². The monoisotopic (exact) mass is 395 g/mol. The summed E-state index contributed by atoms with van der Waals surface area (Å²) in [6.45, 7) is 9.78. The number of nitrogens with zero attached hydrogens (tertiary/aromatic N) is 4. The number of esters is 1. The van der Waals surface area contributed by atoms with Gasteiger partial charge in [-0.25, -0.2) is 9.48 Å². The van der Waals surface area contributed by atoms with Gasteiger partial charge in [0.15, 0.2) is 0 Å². The summed E-state index contributed by atoms with van der Waals surface area (Å²) in [5.41, 5.74) is 3.05. The molecule has 8 heteroatoms. The van der Waals surface area contributed by atoms with E-state index >= 15 is 0 Å². The molecule has 0 radical (unpaired) electrons. The number of aryl methyl sites for hydroxylation is 1. The number of hydrogen-bond acceptors (Lipinski definition) is 6. The van der Waals surface area contributed by atoms with Crippen LogP contribution in [0.25, 0.3) is 0 Å². The van der Waals surface area contributed by atoms with Crippen LogP contribution in [0.2, 0.25) is 0 Å². The van der Waals surface area contributed by atoms with E-state index in [1.165, 1.54) is 6.33 Å². The molecular weight excluding hydrogens is 370 g/mol. The molecule has 2 heterocycles. The minimum atomic E-state index is -0.486. The fourth-order valence-electron chi connectivity index (χ4n) is 3.33. The van der Waals surface area contributed by atoms with E-state index in [1.54, 1.807) is 29.5 Å². The van der Waals surface area contributed by atoms with Crippen LogP contribution in [0.1, 0.15) is 31.0 Å².